The second-order valence-electron chi connectivity index (χ2n) is 3.41. The molecule has 1 N–H and O–H groups in total. The predicted octanol–water partition coefficient (Wildman–Crippen LogP) is 3.97. The van der Waals surface area contributed by atoms with Crippen LogP contribution in [-0.4, -0.2) is 9.97 Å². The Labute approximate surface area is 108 Å². The normalized spacial score (nSPS) is 10.4. The van der Waals surface area contributed by atoms with Gasteiger partial charge in [-0.2, -0.15) is 0 Å². The second kappa shape index (κ2) is 4.85. The Morgan fingerprint density at radius 3 is 2.59 bits per heavy atom. The van der Waals surface area contributed by atoms with Crippen LogP contribution in [-0.2, 0) is 0 Å². The van der Waals surface area contributed by atoms with E-state index in [1.54, 1.807) is 13.0 Å². The van der Waals surface area contributed by atoms with Gasteiger partial charge in [0.15, 0.2) is 0 Å². The van der Waals surface area contributed by atoms with Crippen molar-refractivity contribution in [3.05, 3.63) is 46.1 Å². The van der Waals surface area contributed by atoms with Gasteiger partial charge in [0, 0.05) is 11.8 Å². The number of aryl methyl sites for hydroxylation is 1. The summed E-state index contributed by atoms with van der Waals surface area (Å²) in [5, 5.41) is 3.37. The lowest BCUT2D eigenvalue weighted by molar-refractivity contribution is 0.628. The van der Waals surface area contributed by atoms with Gasteiger partial charge in [0.1, 0.15) is 11.6 Å². The summed E-state index contributed by atoms with van der Waals surface area (Å²) in [6.45, 7) is 1.80. The van der Waals surface area contributed by atoms with E-state index in [1.165, 1.54) is 18.2 Å². The highest BCUT2D eigenvalue weighted by Crippen LogP contribution is 2.25. The topological polar surface area (TPSA) is 37.8 Å². The first-order valence-corrected chi connectivity index (χ1v) is 5.53. The Bertz CT molecular complexity index is 540. The fraction of sp³-hybridized carbons (Fsp3) is 0.0909. The van der Waals surface area contributed by atoms with Crippen LogP contribution < -0.4 is 5.32 Å². The monoisotopic (exact) mass is 271 g/mol. The highest BCUT2D eigenvalue weighted by molar-refractivity contribution is 6.33. The molecule has 0 unspecified atom stereocenters. The van der Waals surface area contributed by atoms with E-state index >= 15 is 0 Å². The molecule has 0 amide bonds. The zero-order valence-electron chi connectivity index (χ0n) is 8.84. The van der Waals surface area contributed by atoms with Crippen molar-refractivity contribution in [2.24, 2.45) is 0 Å². The average Bonchev–Trinajstić information content (AvgIpc) is 2.21. The molecule has 0 radical (unpaired) electrons. The summed E-state index contributed by atoms with van der Waals surface area (Å²) in [4.78, 5) is 7.92. The lowest BCUT2D eigenvalue weighted by atomic mass is 10.3. The van der Waals surface area contributed by atoms with E-state index in [9.17, 15) is 4.39 Å². The van der Waals surface area contributed by atoms with Crippen molar-refractivity contribution in [2.75, 3.05) is 5.32 Å². The molecule has 0 saturated heterocycles. The van der Waals surface area contributed by atoms with Crippen LogP contribution >= 0.6 is 23.2 Å². The number of anilines is 2. The van der Waals surface area contributed by atoms with Crippen LogP contribution in [0.15, 0.2) is 24.3 Å². The van der Waals surface area contributed by atoms with Crippen molar-refractivity contribution in [1.82, 2.24) is 9.97 Å². The quantitative estimate of drug-likeness (QED) is 0.840. The summed E-state index contributed by atoms with van der Waals surface area (Å²) in [6, 6.07) is 5.78. The van der Waals surface area contributed by atoms with Gasteiger partial charge in [-0.3, -0.25) is 0 Å². The van der Waals surface area contributed by atoms with Gasteiger partial charge in [-0.15, -0.1) is 0 Å². The fourth-order valence-electron chi connectivity index (χ4n) is 1.33. The number of halogens is 3. The maximum Gasteiger partial charge on any atom is 0.224 e. The summed E-state index contributed by atoms with van der Waals surface area (Å²) >= 11 is 11.6. The molecule has 0 aliphatic rings. The molecule has 6 heteroatoms. The molecule has 0 bridgehead atoms. The van der Waals surface area contributed by atoms with Crippen LogP contribution in [0.1, 0.15) is 5.69 Å². The highest BCUT2D eigenvalue weighted by Gasteiger charge is 2.05. The molecular weight excluding hydrogens is 264 g/mol. The van der Waals surface area contributed by atoms with Crippen molar-refractivity contribution in [1.29, 1.82) is 0 Å². The smallest absolute Gasteiger partial charge is 0.224 e. The number of aromatic nitrogens is 2. The number of nitrogens with zero attached hydrogens (tertiary/aromatic N) is 2. The van der Waals surface area contributed by atoms with E-state index in [0.29, 0.717) is 11.5 Å². The van der Waals surface area contributed by atoms with E-state index in [4.69, 9.17) is 23.2 Å². The third-order valence-corrected chi connectivity index (χ3v) is 2.50. The van der Waals surface area contributed by atoms with E-state index in [0.717, 1.165) is 5.69 Å². The van der Waals surface area contributed by atoms with Crippen molar-refractivity contribution in [3.8, 4) is 0 Å². The van der Waals surface area contributed by atoms with Gasteiger partial charge in [-0.05, 0) is 36.7 Å². The first-order chi connectivity index (χ1) is 8.04. The maximum absolute atomic E-state index is 12.9. The first-order valence-electron chi connectivity index (χ1n) is 4.78. The van der Waals surface area contributed by atoms with E-state index < -0.39 is 5.82 Å². The molecule has 1 aromatic heterocycles. The first kappa shape index (κ1) is 12.1. The summed E-state index contributed by atoms with van der Waals surface area (Å²) in [5.41, 5.74) is 1.29. The molecule has 0 saturated carbocycles. The summed E-state index contributed by atoms with van der Waals surface area (Å²) in [6.07, 6.45) is 0. The highest BCUT2D eigenvalue weighted by atomic mass is 35.5. The molecule has 0 aliphatic carbocycles. The Morgan fingerprint density at radius 2 is 1.94 bits per heavy atom. The SMILES string of the molecule is Cc1cc(Nc2ccc(F)cc2Cl)nc(Cl)n1. The molecule has 1 aromatic carbocycles. The zero-order valence-corrected chi connectivity index (χ0v) is 10.3. The Balaban J connectivity index is 2.31. The van der Waals surface area contributed by atoms with Crippen LogP contribution in [0.4, 0.5) is 15.9 Å². The second-order valence-corrected chi connectivity index (χ2v) is 4.16. The predicted molar refractivity (Wildman–Crippen MR) is 66.5 cm³/mol. The van der Waals surface area contributed by atoms with Crippen LogP contribution in [0, 0.1) is 12.7 Å². The molecule has 0 spiro atoms. The molecule has 2 aromatic rings. The standard InChI is InChI=1S/C11H8Cl2FN3/c1-6-4-10(17-11(13)15-6)16-9-3-2-7(14)5-8(9)12/h2-5H,1H3,(H,15,16,17). The molecule has 3 nitrogen and oxygen atoms in total. The molecule has 1 heterocycles. The number of hydrogen-bond acceptors (Lipinski definition) is 3. The van der Waals surface area contributed by atoms with Crippen LogP contribution in [0.3, 0.4) is 0 Å². The largest absolute Gasteiger partial charge is 0.339 e. The van der Waals surface area contributed by atoms with Gasteiger partial charge >= 0.3 is 0 Å². The summed E-state index contributed by atoms with van der Waals surface area (Å²) in [5.74, 6) is 0.119. The third-order valence-electron chi connectivity index (χ3n) is 2.02. The van der Waals surface area contributed by atoms with Gasteiger partial charge in [0.05, 0.1) is 10.7 Å². The lowest BCUT2D eigenvalue weighted by Crippen LogP contribution is -1.97. The van der Waals surface area contributed by atoms with Crippen LogP contribution in [0.5, 0.6) is 0 Å². The molecule has 17 heavy (non-hydrogen) atoms. The van der Waals surface area contributed by atoms with Crippen LogP contribution in [0.25, 0.3) is 0 Å². The Morgan fingerprint density at radius 1 is 1.18 bits per heavy atom. The summed E-state index contributed by atoms with van der Waals surface area (Å²) < 4.78 is 12.9. The molecular formula is C11H8Cl2FN3. The minimum atomic E-state index is -0.391. The lowest BCUT2D eigenvalue weighted by Gasteiger charge is -2.08. The van der Waals surface area contributed by atoms with E-state index in [1.807, 2.05) is 0 Å². The van der Waals surface area contributed by atoms with Crippen molar-refractivity contribution in [2.45, 2.75) is 6.92 Å². The molecule has 88 valence electrons. The van der Waals surface area contributed by atoms with Gasteiger partial charge in [0.25, 0.3) is 0 Å². The molecule has 0 atom stereocenters. The van der Waals surface area contributed by atoms with Gasteiger partial charge < -0.3 is 5.32 Å². The summed E-state index contributed by atoms with van der Waals surface area (Å²) in [7, 11) is 0. The minimum Gasteiger partial charge on any atom is -0.339 e. The maximum atomic E-state index is 12.9. The molecule has 0 fully saturated rings. The minimum absolute atomic E-state index is 0.144. The Kier molecular flexibility index (Phi) is 3.45. The third kappa shape index (κ3) is 3.05. The van der Waals surface area contributed by atoms with Crippen molar-refractivity contribution < 1.29 is 4.39 Å². The van der Waals surface area contributed by atoms with E-state index in [-0.39, 0.29) is 10.3 Å². The number of rotatable bonds is 2. The van der Waals surface area contributed by atoms with Gasteiger partial charge in [-0.25, -0.2) is 14.4 Å². The number of benzene rings is 1. The van der Waals surface area contributed by atoms with Crippen LogP contribution in [0.2, 0.25) is 10.3 Å². The number of nitrogens with one attached hydrogen (secondary N) is 1. The fourth-order valence-corrected chi connectivity index (χ4v) is 1.76. The van der Waals surface area contributed by atoms with Crippen molar-refractivity contribution >= 4 is 34.7 Å². The van der Waals surface area contributed by atoms with Crippen molar-refractivity contribution in [3.63, 3.8) is 0 Å². The average molecular weight is 272 g/mol. The van der Waals surface area contributed by atoms with Gasteiger partial charge in [0.2, 0.25) is 5.28 Å². The molecule has 0 aliphatic heterocycles. The van der Waals surface area contributed by atoms with Gasteiger partial charge in [-0.1, -0.05) is 11.6 Å². The zero-order chi connectivity index (χ0) is 12.4. The molecule has 2 rings (SSSR count). The number of hydrogen-bond donors (Lipinski definition) is 1. The Hall–Kier alpha value is -1.39. The van der Waals surface area contributed by atoms with E-state index in [2.05, 4.69) is 15.3 Å².